The lowest BCUT2D eigenvalue weighted by Crippen LogP contribution is -2.27. The number of hydrogen-bond acceptors (Lipinski definition) is 3. The Morgan fingerprint density at radius 2 is 1.93 bits per heavy atom. The highest BCUT2D eigenvalue weighted by Gasteiger charge is 2.24. The summed E-state index contributed by atoms with van der Waals surface area (Å²) in [5.74, 6) is 0.641. The van der Waals surface area contributed by atoms with Crippen molar-refractivity contribution in [3.05, 3.63) is 63.7 Å². The molecule has 0 unspecified atom stereocenters. The topological polar surface area (TPSA) is 58.6 Å². The van der Waals surface area contributed by atoms with Crippen LogP contribution in [0.3, 0.4) is 0 Å². The smallest absolute Gasteiger partial charge is 0.257 e. The molecule has 0 aliphatic carbocycles. The number of carbonyl (C=O) groups excluding carboxylic acids is 2. The van der Waals surface area contributed by atoms with Crippen molar-refractivity contribution in [3.63, 3.8) is 0 Å². The maximum absolute atomic E-state index is 12.7. The van der Waals surface area contributed by atoms with Gasteiger partial charge in [0.1, 0.15) is 12.4 Å². The van der Waals surface area contributed by atoms with Crippen molar-refractivity contribution in [1.82, 2.24) is 10.2 Å². The molecule has 0 atom stereocenters. The van der Waals surface area contributed by atoms with E-state index in [9.17, 15) is 9.59 Å². The summed E-state index contributed by atoms with van der Waals surface area (Å²) in [5.41, 5.74) is 5.64. The van der Waals surface area contributed by atoms with E-state index in [1.165, 1.54) is 0 Å². The Morgan fingerprint density at radius 1 is 1.22 bits per heavy atom. The molecule has 5 heteroatoms. The van der Waals surface area contributed by atoms with E-state index in [0.29, 0.717) is 43.0 Å². The zero-order valence-corrected chi connectivity index (χ0v) is 16.4. The average molecular weight is 368 g/mol. The molecular weight excluding hydrogens is 340 g/mol. The minimum absolute atomic E-state index is 0. The van der Waals surface area contributed by atoms with Crippen LogP contribution in [0.15, 0.2) is 30.3 Å². The van der Waals surface area contributed by atoms with Gasteiger partial charge in [-0.3, -0.25) is 9.59 Å². The van der Waals surface area contributed by atoms with E-state index in [4.69, 9.17) is 4.74 Å². The van der Waals surface area contributed by atoms with Gasteiger partial charge in [-0.25, -0.2) is 0 Å². The third-order valence-electron chi connectivity index (χ3n) is 5.15. The molecule has 2 aromatic carbocycles. The molecule has 3 rings (SSSR count). The van der Waals surface area contributed by atoms with Crippen LogP contribution in [0.4, 0.5) is 0 Å². The van der Waals surface area contributed by atoms with Gasteiger partial charge in [-0.2, -0.15) is 0 Å². The van der Waals surface area contributed by atoms with Gasteiger partial charge in [0.25, 0.3) is 11.8 Å². The molecule has 0 fully saturated rings. The highest BCUT2D eigenvalue weighted by atomic mass is 16.5. The first kappa shape index (κ1) is 19.0. The van der Waals surface area contributed by atoms with Gasteiger partial charge in [-0.1, -0.05) is 12.1 Å². The third-order valence-corrected chi connectivity index (χ3v) is 5.15. The molecule has 27 heavy (non-hydrogen) atoms. The second kappa shape index (κ2) is 7.82. The molecule has 1 aliphatic heterocycles. The van der Waals surface area contributed by atoms with Gasteiger partial charge >= 0.3 is 0 Å². The van der Waals surface area contributed by atoms with Crippen LogP contribution in [0.2, 0.25) is 0 Å². The van der Waals surface area contributed by atoms with Crippen molar-refractivity contribution in [1.29, 1.82) is 0 Å². The molecule has 144 valence electrons. The van der Waals surface area contributed by atoms with Crippen LogP contribution < -0.4 is 10.1 Å². The van der Waals surface area contributed by atoms with Crippen LogP contribution in [0, 0.1) is 13.8 Å². The maximum Gasteiger partial charge on any atom is 0.257 e. The Kier molecular flexibility index (Phi) is 5.49. The molecule has 0 bridgehead atoms. The van der Waals surface area contributed by atoms with E-state index in [-0.39, 0.29) is 13.2 Å². The van der Waals surface area contributed by atoms with Crippen molar-refractivity contribution in [3.8, 4) is 5.75 Å². The molecule has 0 saturated heterocycles. The van der Waals surface area contributed by atoms with Gasteiger partial charge in [-0.05, 0) is 67.6 Å². The molecule has 1 N–H and O–H groups in total. The minimum Gasteiger partial charge on any atom is -0.491 e. The number of likely N-dealkylation sites (N-methyl/N-ethyl adjacent to an activating group) is 1. The Bertz CT molecular complexity index is 878. The number of nitrogens with one attached hydrogen (secondary N) is 1. The van der Waals surface area contributed by atoms with Crippen LogP contribution in [-0.2, 0) is 6.42 Å². The molecule has 5 nitrogen and oxygen atoms in total. The number of amides is 2. The van der Waals surface area contributed by atoms with E-state index in [1.807, 2.05) is 44.2 Å². The van der Waals surface area contributed by atoms with Crippen molar-refractivity contribution in [2.24, 2.45) is 0 Å². The highest BCUT2D eigenvalue weighted by molar-refractivity contribution is 5.98. The average Bonchev–Trinajstić information content (AvgIpc) is 2.80. The Labute approximate surface area is 161 Å². The van der Waals surface area contributed by atoms with Crippen molar-refractivity contribution in [2.75, 3.05) is 26.7 Å². The van der Waals surface area contributed by atoms with Crippen LogP contribution in [0.25, 0.3) is 0 Å². The van der Waals surface area contributed by atoms with Gasteiger partial charge in [0, 0.05) is 20.6 Å². The van der Waals surface area contributed by atoms with Gasteiger partial charge in [0.05, 0.1) is 12.1 Å². The largest absolute Gasteiger partial charge is 0.491 e. The van der Waals surface area contributed by atoms with Gasteiger partial charge in [0.2, 0.25) is 0 Å². The molecule has 1 aliphatic rings. The standard InChI is InChI=1S/C22H26N2O3.H2/c1-5-23-21(25)17-8-6-16(7-9-17)12-18-13-19-20(15(3)14(18)2)27-11-10-24(4)22(19)26;/h6-9,13H,5,10-12H2,1-4H3,(H,23,25);1H. The summed E-state index contributed by atoms with van der Waals surface area (Å²) >= 11 is 0. The highest BCUT2D eigenvalue weighted by Crippen LogP contribution is 2.32. The first-order valence-corrected chi connectivity index (χ1v) is 9.30. The fourth-order valence-corrected chi connectivity index (χ4v) is 3.34. The summed E-state index contributed by atoms with van der Waals surface area (Å²) in [5, 5.41) is 2.80. The molecule has 0 aromatic heterocycles. The molecule has 2 aromatic rings. The zero-order valence-electron chi connectivity index (χ0n) is 16.4. The molecule has 0 saturated carbocycles. The Balaban J connectivity index is 0.00000280. The second-order valence-corrected chi connectivity index (χ2v) is 6.97. The summed E-state index contributed by atoms with van der Waals surface area (Å²) in [6, 6.07) is 9.58. The van der Waals surface area contributed by atoms with Gasteiger partial charge < -0.3 is 15.0 Å². The second-order valence-electron chi connectivity index (χ2n) is 6.97. The van der Waals surface area contributed by atoms with Crippen LogP contribution in [0.1, 0.15) is 51.3 Å². The van der Waals surface area contributed by atoms with Crippen molar-refractivity contribution in [2.45, 2.75) is 27.2 Å². The summed E-state index contributed by atoms with van der Waals surface area (Å²) in [7, 11) is 1.80. The Morgan fingerprint density at radius 3 is 2.59 bits per heavy atom. The predicted molar refractivity (Wildman–Crippen MR) is 108 cm³/mol. The van der Waals surface area contributed by atoms with Gasteiger partial charge in [-0.15, -0.1) is 0 Å². The van der Waals surface area contributed by atoms with E-state index in [0.717, 1.165) is 22.3 Å². The van der Waals surface area contributed by atoms with E-state index >= 15 is 0 Å². The van der Waals surface area contributed by atoms with Crippen LogP contribution in [0.5, 0.6) is 5.75 Å². The first-order chi connectivity index (χ1) is 12.9. The van der Waals surface area contributed by atoms with E-state index in [1.54, 1.807) is 11.9 Å². The van der Waals surface area contributed by atoms with E-state index in [2.05, 4.69) is 12.2 Å². The van der Waals surface area contributed by atoms with Crippen LogP contribution in [-0.4, -0.2) is 43.5 Å². The quantitative estimate of drug-likeness (QED) is 0.900. The zero-order chi connectivity index (χ0) is 19.6. The number of benzene rings is 2. The number of carbonyl (C=O) groups is 2. The number of fused-ring (bicyclic) bond motifs is 1. The minimum atomic E-state index is -0.0631. The lowest BCUT2D eigenvalue weighted by molar-refractivity contribution is 0.0796. The summed E-state index contributed by atoms with van der Waals surface area (Å²) in [6.07, 6.45) is 0.701. The monoisotopic (exact) mass is 368 g/mol. The molecule has 0 spiro atoms. The number of ether oxygens (including phenoxy) is 1. The fourth-order valence-electron chi connectivity index (χ4n) is 3.34. The lowest BCUT2D eigenvalue weighted by Gasteiger charge is -2.17. The van der Waals surface area contributed by atoms with Crippen molar-refractivity contribution >= 4 is 11.8 Å². The molecule has 0 radical (unpaired) electrons. The van der Waals surface area contributed by atoms with Crippen molar-refractivity contribution < 1.29 is 15.8 Å². The fraction of sp³-hybridized carbons (Fsp3) is 0.364. The summed E-state index contributed by atoms with van der Waals surface area (Å²) in [4.78, 5) is 26.3. The van der Waals surface area contributed by atoms with Gasteiger partial charge in [0.15, 0.2) is 0 Å². The predicted octanol–water partition coefficient (Wildman–Crippen LogP) is 3.35. The molecule has 1 heterocycles. The molecular formula is C22H28N2O3. The molecule has 2 amide bonds. The SMILES string of the molecule is CCNC(=O)c1ccc(Cc2cc3c(c(C)c2C)OCCN(C)C3=O)cc1.[HH]. The number of rotatable bonds is 4. The summed E-state index contributed by atoms with van der Waals surface area (Å²) in [6.45, 7) is 7.68. The lowest BCUT2D eigenvalue weighted by atomic mass is 9.93. The number of nitrogens with zero attached hydrogens (tertiary/aromatic N) is 1. The Hall–Kier alpha value is -2.82. The third kappa shape index (κ3) is 3.82. The normalized spacial score (nSPS) is 13.6. The number of hydrogen-bond donors (Lipinski definition) is 1. The summed E-state index contributed by atoms with van der Waals surface area (Å²) < 4.78 is 5.86. The first-order valence-electron chi connectivity index (χ1n) is 9.30. The van der Waals surface area contributed by atoms with E-state index < -0.39 is 0 Å². The van der Waals surface area contributed by atoms with Crippen LogP contribution >= 0.6 is 0 Å². The maximum atomic E-state index is 12.7.